The number of likely N-dealkylation sites (tertiary alicyclic amines) is 1. The van der Waals surface area contributed by atoms with E-state index < -0.39 is 5.97 Å². The largest absolute Gasteiger partial charge is 0.477 e. The first-order chi connectivity index (χ1) is 11.1. The number of aromatic nitrogens is 1. The third-order valence-electron chi connectivity index (χ3n) is 5.48. The molecule has 2 fully saturated rings. The van der Waals surface area contributed by atoms with Crippen molar-refractivity contribution in [3.8, 4) is 0 Å². The molecule has 2 aliphatic rings. The molecule has 1 saturated carbocycles. The molecule has 2 heterocycles. The molecule has 1 saturated heterocycles. The lowest BCUT2D eigenvalue weighted by Crippen LogP contribution is -2.33. The molecule has 0 bridgehead atoms. The molecule has 124 valence electrons. The third-order valence-corrected chi connectivity index (χ3v) is 5.48. The summed E-state index contributed by atoms with van der Waals surface area (Å²) in [6.07, 6.45) is 11.4. The van der Waals surface area contributed by atoms with Crippen LogP contribution in [0.5, 0.6) is 0 Å². The van der Waals surface area contributed by atoms with Gasteiger partial charge < -0.3 is 10.0 Å². The van der Waals surface area contributed by atoms with Crippen LogP contribution in [-0.2, 0) is 0 Å². The van der Waals surface area contributed by atoms with Crippen molar-refractivity contribution in [1.82, 2.24) is 9.88 Å². The molecule has 1 aliphatic heterocycles. The van der Waals surface area contributed by atoms with Crippen LogP contribution in [0, 0.1) is 5.41 Å². The summed E-state index contributed by atoms with van der Waals surface area (Å²) in [7, 11) is 0. The van der Waals surface area contributed by atoms with Gasteiger partial charge in [-0.25, -0.2) is 9.78 Å². The van der Waals surface area contributed by atoms with E-state index >= 15 is 0 Å². The number of carboxylic acid groups (broad SMARTS) is 1. The van der Waals surface area contributed by atoms with Crippen molar-refractivity contribution in [2.45, 2.75) is 51.4 Å². The van der Waals surface area contributed by atoms with Gasteiger partial charge in [0.1, 0.15) is 5.69 Å². The number of hydrogen-bond acceptors (Lipinski definition) is 3. The van der Waals surface area contributed by atoms with Crippen LogP contribution >= 0.6 is 0 Å². The number of carboxylic acids is 1. The zero-order valence-electron chi connectivity index (χ0n) is 13.5. The summed E-state index contributed by atoms with van der Waals surface area (Å²) >= 11 is 0. The molecule has 0 radical (unpaired) electrons. The number of hydrogen-bond donors (Lipinski definition) is 1. The van der Waals surface area contributed by atoms with Crippen molar-refractivity contribution >= 4 is 11.9 Å². The smallest absolute Gasteiger partial charge is 0.354 e. The summed E-state index contributed by atoms with van der Waals surface area (Å²) in [5.74, 6) is -1.10. The molecule has 0 atom stereocenters. The summed E-state index contributed by atoms with van der Waals surface area (Å²) in [4.78, 5) is 29.3. The van der Waals surface area contributed by atoms with Crippen LogP contribution in [0.4, 0.5) is 0 Å². The fourth-order valence-electron chi connectivity index (χ4n) is 4.09. The van der Waals surface area contributed by atoms with Crippen LogP contribution in [0.25, 0.3) is 0 Å². The molecule has 23 heavy (non-hydrogen) atoms. The second-order valence-corrected chi connectivity index (χ2v) is 6.94. The second-order valence-electron chi connectivity index (χ2n) is 6.94. The minimum atomic E-state index is -1.07. The fraction of sp³-hybridized carbons (Fsp3) is 0.611. The SMILES string of the molecule is O=C(O)c1ccc(C(=O)N2CCCC3(CCCCC3)CC2)cn1. The van der Waals surface area contributed by atoms with Gasteiger partial charge >= 0.3 is 5.97 Å². The maximum atomic E-state index is 12.6. The lowest BCUT2D eigenvalue weighted by atomic mass is 9.69. The summed E-state index contributed by atoms with van der Waals surface area (Å²) < 4.78 is 0. The molecular formula is C18H24N2O3. The molecule has 0 aromatic carbocycles. The molecule has 3 rings (SSSR count). The van der Waals surface area contributed by atoms with Crippen molar-refractivity contribution < 1.29 is 14.7 Å². The minimum absolute atomic E-state index is 0.0256. The van der Waals surface area contributed by atoms with Crippen molar-refractivity contribution in [2.75, 3.05) is 13.1 Å². The van der Waals surface area contributed by atoms with Crippen LogP contribution < -0.4 is 0 Å². The Morgan fingerprint density at radius 2 is 1.74 bits per heavy atom. The van der Waals surface area contributed by atoms with Gasteiger partial charge in [0.15, 0.2) is 0 Å². The molecule has 1 aromatic rings. The molecule has 1 N–H and O–H groups in total. The Bertz CT molecular complexity index is 576. The normalized spacial score (nSPS) is 21.0. The van der Waals surface area contributed by atoms with Gasteiger partial charge in [0.2, 0.25) is 0 Å². The highest BCUT2D eigenvalue weighted by Crippen LogP contribution is 2.44. The van der Waals surface area contributed by atoms with Gasteiger partial charge in [-0.1, -0.05) is 19.3 Å². The molecule has 5 nitrogen and oxygen atoms in total. The Hall–Kier alpha value is -1.91. The van der Waals surface area contributed by atoms with Crippen molar-refractivity contribution in [2.24, 2.45) is 5.41 Å². The van der Waals surface area contributed by atoms with Crippen molar-refractivity contribution in [3.05, 3.63) is 29.6 Å². The lowest BCUT2D eigenvalue weighted by molar-refractivity contribution is 0.0686. The Labute approximate surface area is 136 Å². The van der Waals surface area contributed by atoms with Crippen LogP contribution in [0.3, 0.4) is 0 Å². The number of amides is 1. The van der Waals surface area contributed by atoms with Gasteiger partial charge in [-0.05, 0) is 49.7 Å². The van der Waals surface area contributed by atoms with Crippen LogP contribution in [-0.4, -0.2) is 40.0 Å². The monoisotopic (exact) mass is 316 g/mol. The number of carbonyl (C=O) groups is 2. The predicted molar refractivity (Wildman–Crippen MR) is 86.5 cm³/mol. The number of aromatic carboxylic acids is 1. The number of carbonyl (C=O) groups excluding carboxylic acids is 1. The third kappa shape index (κ3) is 3.54. The van der Waals surface area contributed by atoms with E-state index in [0.717, 1.165) is 25.9 Å². The lowest BCUT2D eigenvalue weighted by Gasteiger charge is -2.36. The standard InChI is InChI=1S/C18H24N2O3/c21-16(14-5-6-15(17(22)23)19-13-14)20-11-4-9-18(10-12-20)7-2-1-3-8-18/h5-6,13H,1-4,7-12H2,(H,22,23). The highest BCUT2D eigenvalue weighted by Gasteiger charge is 2.34. The van der Waals surface area contributed by atoms with Gasteiger partial charge in [0.05, 0.1) is 5.56 Å². The summed E-state index contributed by atoms with van der Waals surface area (Å²) in [5, 5.41) is 8.88. The van der Waals surface area contributed by atoms with Gasteiger partial charge in [0, 0.05) is 19.3 Å². The van der Waals surface area contributed by atoms with Crippen LogP contribution in [0.15, 0.2) is 18.3 Å². The molecule has 0 unspecified atom stereocenters. The van der Waals surface area contributed by atoms with Crippen molar-refractivity contribution in [3.63, 3.8) is 0 Å². The van der Waals surface area contributed by atoms with E-state index in [1.807, 2.05) is 4.90 Å². The second kappa shape index (κ2) is 6.69. The van der Waals surface area contributed by atoms with E-state index in [4.69, 9.17) is 5.11 Å². The average Bonchev–Trinajstić information content (AvgIpc) is 2.78. The quantitative estimate of drug-likeness (QED) is 0.908. The minimum Gasteiger partial charge on any atom is -0.477 e. The maximum Gasteiger partial charge on any atom is 0.354 e. The van der Waals surface area contributed by atoms with Crippen LogP contribution in [0.1, 0.15) is 72.2 Å². The first-order valence-electron chi connectivity index (χ1n) is 8.58. The van der Waals surface area contributed by atoms with Crippen molar-refractivity contribution in [1.29, 1.82) is 0 Å². The van der Waals surface area contributed by atoms with E-state index in [-0.39, 0.29) is 11.6 Å². The average molecular weight is 316 g/mol. The molecule has 1 amide bonds. The summed E-state index contributed by atoms with van der Waals surface area (Å²) in [6.45, 7) is 1.60. The van der Waals surface area contributed by atoms with E-state index in [2.05, 4.69) is 4.98 Å². The summed E-state index contributed by atoms with van der Waals surface area (Å²) in [6, 6.07) is 2.97. The highest BCUT2D eigenvalue weighted by atomic mass is 16.4. The maximum absolute atomic E-state index is 12.6. The molecular weight excluding hydrogens is 292 g/mol. The number of rotatable bonds is 2. The number of pyridine rings is 1. The van der Waals surface area contributed by atoms with Gasteiger partial charge in [0.25, 0.3) is 5.91 Å². The fourth-order valence-corrected chi connectivity index (χ4v) is 4.09. The highest BCUT2D eigenvalue weighted by molar-refractivity contribution is 5.94. The van der Waals surface area contributed by atoms with E-state index in [1.54, 1.807) is 6.07 Å². The predicted octanol–water partition coefficient (Wildman–Crippen LogP) is 3.36. The molecule has 1 spiro atoms. The number of nitrogens with zero attached hydrogens (tertiary/aromatic N) is 2. The Morgan fingerprint density at radius 3 is 2.39 bits per heavy atom. The molecule has 1 aromatic heterocycles. The first-order valence-corrected chi connectivity index (χ1v) is 8.58. The van der Waals surface area contributed by atoms with Crippen LogP contribution in [0.2, 0.25) is 0 Å². The Kier molecular flexibility index (Phi) is 4.64. The summed E-state index contributed by atoms with van der Waals surface area (Å²) in [5.41, 5.74) is 0.909. The molecule has 5 heteroatoms. The Morgan fingerprint density at radius 1 is 1.00 bits per heavy atom. The topological polar surface area (TPSA) is 70.5 Å². The van der Waals surface area contributed by atoms with Gasteiger partial charge in [-0.15, -0.1) is 0 Å². The van der Waals surface area contributed by atoms with E-state index in [0.29, 0.717) is 11.0 Å². The first kappa shape index (κ1) is 16.0. The van der Waals surface area contributed by atoms with E-state index in [9.17, 15) is 9.59 Å². The zero-order valence-corrected chi connectivity index (χ0v) is 13.5. The van der Waals surface area contributed by atoms with Gasteiger partial charge in [-0.2, -0.15) is 0 Å². The zero-order chi connectivity index (χ0) is 16.3. The Balaban J connectivity index is 1.66. The molecule has 1 aliphatic carbocycles. The van der Waals surface area contributed by atoms with E-state index in [1.165, 1.54) is 50.8 Å². The van der Waals surface area contributed by atoms with Gasteiger partial charge in [-0.3, -0.25) is 4.79 Å².